The molecule has 5 heteroatoms. The van der Waals surface area contributed by atoms with Crippen LogP contribution in [0.2, 0.25) is 0 Å². The fourth-order valence-electron chi connectivity index (χ4n) is 1.19. The Labute approximate surface area is 87.0 Å². The maximum atomic E-state index is 10.4. The molecule has 0 aliphatic heterocycles. The highest BCUT2D eigenvalue weighted by atomic mass is 16.3. The fourth-order valence-corrected chi connectivity index (χ4v) is 1.19. The quantitative estimate of drug-likeness (QED) is 0.580. The first-order valence-corrected chi connectivity index (χ1v) is 4.58. The lowest BCUT2D eigenvalue weighted by atomic mass is 10.1. The van der Waals surface area contributed by atoms with E-state index in [0.717, 1.165) is 0 Å². The van der Waals surface area contributed by atoms with Gasteiger partial charge in [-0.2, -0.15) is 0 Å². The molecule has 0 fully saturated rings. The smallest absolute Gasteiger partial charge is 0.168 e. The Hall–Kier alpha value is -1.30. The molecule has 0 aliphatic carbocycles. The molecule has 0 aromatic carbocycles. The molecule has 1 heterocycles. The zero-order valence-corrected chi connectivity index (χ0v) is 8.08. The molecule has 3 N–H and O–H groups in total. The SMILES string of the molecule is O=Cc1cccc(C(O)C(O)CCO)n1. The normalized spacial score (nSPS) is 14.6. The molecule has 5 nitrogen and oxygen atoms in total. The first kappa shape index (κ1) is 11.8. The zero-order valence-electron chi connectivity index (χ0n) is 8.08. The summed E-state index contributed by atoms with van der Waals surface area (Å²) in [6.07, 6.45) is -1.63. The molecule has 2 unspecified atom stereocenters. The van der Waals surface area contributed by atoms with Gasteiger partial charge in [0.15, 0.2) is 6.29 Å². The monoisotopic (exact) mass is 211 g/mol. The van der Waals surface area contributed by atoms with Gasteiger partial charge in [0.2, 0.25) is 0 Å². The lowest BCUT2D eigenvalue weighted by molar-refractivity contribution is 0.00186. The van der Waals surface area contributed by atoms with Crippen LogP contribution in [0.15, 0.2) is 18.2 Å². The van der Waals surface area contributed by atoms with Crippen molar-refractivity contribution in [2.24, 2.45) is 0 Å². The number of hydrogen-bond donors (Lipinski definition) is 3. The Balaban J connectivity index is 2.80. The molecule has 82 valence electrons. The first-order valence-electron chi connectivity index (χ1n) is 4.58. The third-order valence-electron chi connectivity index (χ3n) is 2.01. The maximum Gasteiger partial charge on any atom is 0.168 e. The predicted octanol–water partition coefficient (Wildman–Crippen LogP) is -0.329. The largest absolute Gasteiger partial charge is 0.396 e. The van der Waals surface area contributed by atoms with Crippen LogP contribution < -0.4 is 0 Å². The van der Waals surface area contributed by atoms with E-state index in [2.05, 4.69) is 4.98 Å². The number of aliphatic hydroxyl groups is 3. The second-order valence-electron chi connectivity index (χ2n) is 3.13. The summed E-state index contributed by atoms with van der Waals surface area (Å²) < 4.78 is 0. The molecule has 1 aromatic heterocycles. The summed E-state index contributed by atoms with van der Waals surface area (Å²) in [5.74, 6) is 0. The lowest BCUT2D eigenvalue weighted by Crippen LogP contribution is -2.20. The van der Waals surface area contributed by atoms with Crippen molar-refractivity contribution in [3.05, 3.63) is 29.6 Å². The molecule has 1 rings (SSSR count). The summed E-state index contributed by atoms with van der Waals surface area (Å²) in [6.45, 7) is -0.217. The van der Waals surface area contributed by atoms with E-state index in [1.54, 1.807) is 6.07 Å². The number of pyridine rings is 1. The van der Waals surface area contributed by atoms with Crippen LogP contribution in [0.3, 0.4) is 0 Å². The molecule has 0 bridgehead atoms. The van der Waals surface area contributed by atoms with E-state index in [9.17, 15) is 15.0 Å². The van der Waals surface area contributed by atoms with Crippen LogP contribution in [0.1, 0.15) is 28.7 Å². The number of carbonyl (C=O) groups excluding carboxylic acids is 1. The van der Waals surface area contributed by atoms with Crippen molar-refractivity contribution in [1.29, 1.82) is 0 Å². The number of nitrogens with zero attached hydrogens (tertiary/aromatic N) is 1. The van der Waals surface area contributed by atoms with Gasteiger partial charge in [0, 0.05) is 6.61 Å². The molecular weight excluding hydrogens is 198 g/mol. The van der Waals surface area contributed by atoms with E-state index in [4.69, 9.17) is 5.11 Å². The lowest BCUT2D eigenvalue weighted by Gasteiger charge is -2.16. The Morgan fingerprint density at radius 2 is 2.13 bits per heavy atom. The summed E-state index contributed by atoms with van der Waals surface area (Å²) in [4.78, 5) is 14.3. The average Bonchev–Trinajstić information content (AvgIpc) is 2.28. The highest BCUT2D eigenvalue weighted by Crippen LogP contribution is 2.16. The maximum absolute atomic E-state index is 10.4. The van der Waals surface area contributed by atoms with Crippen LogP contribution in [0.25, 0.3) is 0 Å². The van der Waals surface area contributed by atoms with E-state index in [1.807, 2.05) is 0 Å². The Kier molecular flexibility index (Phi) is 4.36. The van der Waals surface area contributed by atoms with Crippen molar-refractivity contribution < 1.29 is 20.1 Å². The molecule has 1 aromatic rings. The molecule has 0 saturated carbocycles. The number of carbonyl (C=O) groups is 1. The van der Waals surface area contributed by atoms with Crippen molar-refractivity contribution in [2.75, 3.05) is 6.61 Å². The molecule has 0 spiro atoms. The predicted molar refractivity (Wildman–Crippen MR) is 52.3 cm³/mol. The highest BCUT2D eigenvalue weighted by molar-refractivity contribution is 5.71. The van der Waals surface area contributed by atoms with Crippen molar-refractivity contribution in [1.82, 2.24) is 4.98 Å². The standard InChI is InChI=1S/C10H13NO4/c12-5-4-9(14)10(15)8-3-1-2-7(6-13)11-8/h1-3,6,9-10,12,14-15H,4-5H2. The minimum Gasteiger partial charge on any atom is -0.396 e. The van der Waals surface area contributed by atoms with E-state index in [0.29, 0.717) is 6.29 Å². The Morgan fingerprint density at radius 3 is 2.73 bits per heavy atom. The van der Waals surface area contributed by atoms with Crippen LogP contribution in [0.4, 0.5) is 0 Å². The van der Waals surface area contributed by atoms with Gasteiger partial charge in [-0.1, -0.05) is 6.07 Å². The van der Waals surface area contributed by atoms with Gasteiger partial charge in [-0.3, -0.25) is 4.79 Å². The van der Waals surface area contributed by atoms with Crippen molar-refractivity contribution in [3.63, 3.8) is 0 Å². The van der Waals surface area contributed by atoms with Gasteiger partial charge in [0.1, 0.15) is 11.8 Å². The molecule has 2 atom stereocenters. The van der Waals surface area contributed by atoms with Gasteiger partial charge in [-0.15, -0.1) is 0 Å². The second-order valence-corrected chi connectivity index (χ2v) is 3.13. The van der Waals surface area contributed by atoms with Crippen molar-refractivity contribution in [2.45, 2.75) is 18.6 Å². The number of aliphatic hydroxyl groups excluding tert-OH is 3. The van der Waals surface area contributed by atoms with Crippen LogP contribution in [0.5, 0.6) is 0 Å². The summed E-state index contributed by atoms with van der Waals surface area (Å²) in [5.41, 5.74) is 0.420. The van der Waals surface area contributed by atoms with Gasteiger partial charge < -0.3 is 15.3 Å². The van der Waals surface area contributed by atoms with Crippen LogP contribution in [-0.4, -0.2) is 39.3 Å². The molecule has 0 aliphatic rings. The van der Waals surface area contributed by atoms with Gasteiger partial charge in [-0.25, -0.2) is 4.98 Å². The fraction of sp³-hybridized carbons (Fsp3) is 0.400. The third kappa shape index (κ3) is 3.09. The summed E-state index contributed by atoms with van der Waals surface area (Å²) in [5, 5.41) is 27.6. The highest BCUT2D eigenvalue weighted by Gasteiger charge is 2.19. The van der Waals surface area contributed by atoms with Crippen molar-refractivity contribution >= 4 is 6.29 Å². The summed E-state index contributed by atoms with van der Waals surface area (Å²) in [7, 11) is 0. The van der Waals surface area contributed by atoms with Crippen molar-refractivity contribution in [3.8, 4) is 0 Å². The van der Waals surface area contributed by atoms with Crippen LogP contribution in [-0.2, 0) is 0 Å². The topological polar surface area (TPSA) is 90.7 Å². The zero-order chi connectivity index (χ0) is 11.3. The number of aldehydes is 1. The Morgan fingerprint density at radius 1 is 1.40 bits per heavy atom. The minimum absolute atomic E-state index is 0.0637. The van der Waals surface area contributed by atoms with E-state index < -0.39 is 12.2 Å². The number of hydrogen-bond acceptors (Lipinski definition) is 5. The van der Waals surface area contributed by atoms with Gasteiger partial charge in [0.25, 0.3) is 0 Å². The van der Waals surface area contributed by atoms with E-state index in [-0.39, 0.29) is 24.4 Å². The third-order valence-corrected chi connectivity index (χ3v) is 2.01. The summed E-state index contributed by atoms with van der Waals surface area (Å²) >= 11 is 0. The van der Waals surface area contributed by atoms with Gasteiger partial charge in [0.05, 0.1) is 11.8 Å². The molecule has 0 radical (unpaired) electrons. The minimum atomic E-state index is -1.18. The van der Waals surface area contributed by atoms with Gasteiger partial charge >= 0.3 is 0 Å². The van der Waals surface area contributed by atoms with E-state index in [1.165, 1.54) is 12.1 Å². The Bertz CT molecular complexity index is 329. The second kappa shape index (κ2) is 5.55. The molecular formula is C10H13NO4. The van der Waals surface area contributed by atoms with E-state index >= 15 is 0 Å². The number of aromatic nitrogens is 1. The number of rotatable bonds is 5. The van der Waals surface area contributed by atoms with Crippen LogP contribution >= 0.6 is 0 Å². The molecule has 15 heavy (non-hydrogen) atoms. The molecule has 0 saturated heterocycles. The van der Waals surface area contributed by atoms with Gasteiger partial charge in [-0.05, 0) is 18.6 Å². The molecule has 0 amide bonds. The van der Waals surface area contributed by atoms with Crippen LogP contribution in [0, 0.1) is 0 Å². The average molecular weight is 211 g/mol. The summed E-state index contributed by atoms with van der Waals surface area (Å²) in [6, 6.07) is 4.58. The first-order chi connectivity index (χ1) is 7.19.